The number of Topliss-reactive ketones (excluding diaryl/α,β-unsaturated/α-hetero) is 1. The van der Waals surface area contributed by atoms with Crippen molar-refractivity contribution in [2.75, 3.05) is 13.7 Å². The van der Waals surface area contributed by atoms with Crippen molar-refractivity contribution in [2.24, 2.45) is 0 Å². The Morgan fingerprint density at radius 1 is 1.16 bits per heavy atom. The summed E-state index contributed by atoms with van der Waals surface area (Å²) in [5.41, 5.74) is 3.28. The smallest absolute Gasteiger partial charge is 0.340 e. The van der Waals surface area contributed by atoms with E-state index in [4.69, 9.17) is 9.47 Å². The number of aromatic amines is 1. The molecule has 3 aromatic rings. The second-order valence-corrected chi connectivity index (χ2v) is 10.7. The number of rotatable bonds is 10. The van der Waals surface area contributed by atoms with Crippen LogP contribution in [0, 0.1) is 13.8 Å². The molecule has 3 rings (SSSR count). The van der Waals surface area contributed by atoms with Gasteiger partial charge < -0.3 is 14.5 Å². The Balaban J connectivity index is 1.62. The fourth-order valence-electron chi connectivity index (χ4n) is 3.08. The highest BCUT2D eigenvalue weighted by atomic mass is 32.2. The number of carbonyl (C=O) groups is 2. The Bertz CT molecular complexity index is 1090. The number of thioether (sulfide) groups is 2. The zero-order valence-electron chi connectivity index (χ0n) is 18.6. The molecule has 1 N–H and O–H groups in total. The lowest BCUT2D eigenvalue weighted by Gasteiger charge is -2.08. The van der Waals surface area contributed by atoms with Gasteiger partial charge in [-0.3, -0.25) is 4.79 Å². The van der Waals surface area contributed by atoms with Crippen LogP contribution in [0.15, 0.2) is 32.9 Å². The van der Waals surface area contributed by atoms with Crippen molar-refractivity contribution in [2.45, 2.75) is 47.4 Å². The minimum Gasteiger partial charge on any atom is -0.497 e. The van der Waals surface area contributed by atoms with Crippen LogP contribution in [0.1, 0.15) is 51.5 Å². The monoisotopic (exact) mass is 491 g/mol. The second-order valence-electron chi connectivity index (χ2n) is 6.94. The molecule has 0 saturated heterocycles. The number of nitrogens with one attached hydrogen (secondary N) is 1. The average Bonchev–Trinajstić information content (AvgIpc) is 3.35. The van der Waals surface area contributed by atoms with Gasteiger partial charge in [0.15, 0.2) is 14.5 Å². The van der Waals surface area contributed by atoms with Gasteiger partial charge in [-0.05, 0) is 51.0 Å². The summed E-state index contributed by atoms with van der Waals surface area (Å²) in [7, 11) is 1.65. The molecule has 0 aliphatic rings. The second kappa shape index (κ2) is 11.0. The van der Waals surface area contributed by atoms with Gasteiger partial charge in [-0.15, -0.1) is 10.2 Å². The van der Waals surface area contributed by atoms with Crippen molar-refractivity contribution < 1.29 is 19.1 Å². The van der Waals surface area contributed by atoms with Crippen molar-refractivity contribution in [3.05, 3.63) is 52.3 Å². The molecular weight excluding hydrogens is 466 g/mol. The summed E-state index contributed by atoms with van der Waals surface area (Å²) in [6.45, 7) is 7.41. The van der Waals surface area contributed by atoms with Gasteiger partial charge in [0.25, 0.3) is 0 Å². The first-order valence-corrected chi connectivity index (χ1v) is 12.7. The average molecular weight is 492 g/mol. The fraction of sp³-hybridized carbons (Fsp3) is 0.364. The Hall–Kier alpha value is -2.30. The van der Waals surface area contributed by atoms with Crippen LogP contribution in [-0.2, 0) is 10.5 Å². The van der Waals surface area contributed by atoms with Crippen LogP contribution in [0.3, 0.4) is 0 Å². The molecule has 10 heteroatoms. The van der Waals surface area contributed by atoms with E-state index < -0.39 is 5.97 Å². The third-order valence-corrected chi connectivity index (χ3v) is 8.03. The molecular formula is C22H25N3O4S3. The molecule has 170 valence electrons. The molecule has 0 aliphatic heterocycles. The highest BCUT2D eigenvalue weighted by molar-refractivity contribution is 8.03. The van der Waals surface area contributed by atoms with Gasteiger partial charge in [-0.1, -0.05) is 47.0 Å². The first-order valence-electron chi connectivity index (χ1n) is 10.00. The molecule has 32 heavy (non-hydrogen) atoms. The molecule has 7 nitrogen and oxygen atoms in total. The zero-order chi connectivity index (χ0) is 23.3. The molecule has 2 aromatic heterocycles. The molecule has 0 amide bonds. The minimum atomic E-state index is -0.416. The predicted octanol–water partition coefficient (Wildman–Crippen LogP) is 5.32. The molecule has 0 fully saturated rings. The van der Waals surface area contributed by atoms with E-state index >= 15 is 0 Å². The summed E-state index contributed by atoms with van der Waals surface area (Å²) in [6.07, 6.45) is 0. The van der Waals surface area contributed by atoms with Crippen molar-refractivity contribution in [1.29, 1.82) is 0 Å². The highest BCUT2D eigenvalue weighted by Crippen LogP contribution is 2.34. The SMILES string of the molecule is CCOC(=O)c1c(C)[nH]c(C(=O)C(C)Sc2nnc(SCc3ccc(OC)cc3)s2)c1C. The van der Waals surface area contributed by atoms with Crippen molar-refractivity contribution >= 4 is 46.6 Å². The van der Waals surface area contributed by atoms with Crippen LogP contribution in [-0.4, -0.2) is 45.9 Å². The number of ether oxygens (including phenoxy) is 2. The maximum absolute atomic E-state index is 13.0. The van der Waals surface area contributed by atoms with Crippen molar-refractivity contribution in [3.8, 4) is 5.75 Å². The van der Waals surface area contributed by atoms with E-state index in [0.29, 0.717) is 22.5 Å². The number of aromatic nitrogens is 3. The van der Waals surface area contributed by atoms with E-state index in [-0.39, 0.29) is 17.6 Å². The largest absolute Gasteiger partial charge is 0.497 e. The van der Waals surface area contributed by atoms with Crippen molar-refractivity contribution in [3.63, 3.8) is 0 Å². The Morgan fingerprint density at radius 2 is 1.84 bits per heavy atom. The van der Waals surface area contributed by atoms with E-state index in [0.717, 1.165) is 20.2 Å². The fourth-order valence-corrected chi connectivity index (χ4v) is 6.26. The number of aryl methyl sites for hydroxylation is 1. The summed E-state index contributed by atoms with van der Waals surface area (Å²) in [4.78, 5) is 28.3. The molecule has 2 heterocycles. The van der Waals surface area contributed by atoms with Crippen LogP contribution in [0.4, 0.5) is 0 Å². The van der Waals surface area contributed by atoms with Gasteiger partial charge >= 0.3 is 5.97 Å². The van der Waals surface area contributed by atoms with Crippen LogP contribution in [0.5, 0.6) is 5.75 Å². The summed E-state index contributed by atoms with van der Waals surface area (Å²) in [6, 6.07) is 7.91. The predicted molar refractivity (Wildman–Crippen MR) is 128 cm³/mol. The number of methoxy groups -OCH3 is 1. The van der Waals surface area contributed by atoms with Gasteiger partial charge in [-0.2, -0.15) is 0 Å². The zero-order valence-corrected chi connectivity index (χ0v) is 21.0. The van der Waals surface area contributed by atoms with E-state index in [1.54, 1.807) is 39.6 Å². The third-order valence-electron chi connectivity index (χ3n) is 4.72. The van der Waals surface area contributed by atoms with E-state index in [1.165, 1.54) is 28.7 Å². The van der Waals surface area contributed by atoms with E-state index in [9.17, 15) is 9.59 Å². The number of ketones is 1. The standard InChI is InChI=1S/C22H25N3O4S3/c1-6-29-20(27)17-12(2)18(23-13(17)3)19(26)14(4)31-22-25-24-21(32-22)30-11-15-7-9-16(28-5)10-8-15/h7-10,14,23H,6,11H2,1-5H3. The number of benzene rings is 1. The van der Waals surface area contributed by atoms with Gasteiger partial charge in [0, 0.05) is 11.4 Å². The molecule has 0 bridgehead atoms. The van der Waals surface area contributed by atoms with Crippen LogP contribution < -0.4 is 4.74 Å². The number of carbonyl (C=O) groups excluding carboxylic acids is 2. The molecule has 0 radical (unpaired) electrons. The molecule has 1 aromatic carbocycles. The highest BCUT2D eigenvalue weighted by Gasteiger charge is 2.27. The maximum Gasteiger partial charge on any atom is 0.340 e. The van der Waals surface area contributed by atoms with Gasteiger partial charge in [0.05, 0.1) is 30.2 Å². The Kier molecular flexibility index (Phi) is 8.38. The number of esters is 1. The van der Waals surface area contributed by atoms with E-state index in [1.807, 2.05) is 31.2 Å². The Morgan fingerprint density at radius 3 is 2.50 bits per heavy atom. The maximum atomic E-state index is 13.0. The Labute approximate surface area is 199 Å². The van der Waals surface area contributed by atoms with Crippen LogP contribution in [0.25, 0.3) is 0 Å². The number of H-pyrrole nitrogens is 1. The lowest BCUT2D eigenvalue weighted by atomic mass is 10.1. The molecule has 0 aliphatic carbocycles. The van der Waals surface area contributed by atoms with Gasteiger partial charge in [-0.25, -0.2) is 4.79 Å². The summed E-state index contributed by atoms with van der Waals surface area (Å²) in [5.74, 6) is 1.10. The summed E-state index contributed by atoms with van der Waals surface area (Å²) in [5, 5.41) is 8.08. The number of hydrogen-bond donors (Lipinski definition) is 1. The molecule has 1 unspecified atom stereocenters. The lowest BCUT2D eigenvalue weighted by Crippen LogP contribution is -2.15. The number of hydrogen-bond acceptors (Lipinski definition) is 9. The quantitative estimate of drug-likeness (QED) is 0.231. The first-order chi connectivity index (χ1) is 15.3. The molecule has 0 spiro atoms. The van der Waals surface area contributed by atoms with Gasteiger partial charge in [0.1, 0.15) is 5.75 Å². The molecule has 0 saturated carbocycles. The minimum absolute atomic E-state index is 0.0891. The number of nitrogens with zero attached hydrogens (tertiary/aromatic N) is 2. The molecule has 1 atom stereocenters. The van der Waals surface area contributed by atoms with Gasteiger partial charge in [0.2, 0.25) is 0 Å². The summed E-state index contributed by atoms with van der Waals surface area (Å²) >= 11 is 4.44. The van der Waals surface area contributed by atoms with E-state index in [2.05, 4.69) is 15.2 Å². The van der Waals surface area contributed by atoms with Crippen molar-refractivity contribution in [1.82, 2.24) is 15.2 Å². The van der Waals surface area contributed by atoms with Crippen LogP contribution >= 0.6 is 34.9 Å². The normalized spacial score (nSPS) is 11.9. The lowest BCUT2D eigenvalue weighted by molar-refractivity contribution is 0.0525. The summed E-state index contributed by atoms with van der Waals surface area (Å²) < 4.78 is 11.9. The van der Waals surface area contributed by atoms with Crippen LogP contribution in [0.2, 0.25) is 0 Å². The topological polar surface area (TPSA) is 94.2 Å². The third kappa shape index (κ3) is 5.73. The first kappa shape index (κ1) is 24.3.